The molecule has 124 valence electrons. The molecule has 0 saturated heterocycles. The highest BCUT2D eigenvalue weighted by atomic mass is 19.4. The quantitative estimate of drug-likeness (QED) is 0.918. The molecule has 1 atom stereocenters. The van der Waals surface area contributed by atoms with Gasteiger partial charge in [0, 0.05) is 25.4 Å². The van der Waals surface area contributed by atoms with E-state index >= 15 is 0 Å². The summed E-state index contributed by atoms with van der Waals surface area (Å²) < 4.78 is 45.4. The monoisotopic (exact) mass is 327 g/mol. The fourth-order valence-corrected chi connectivity index (χ4v) is 1.94. The molecule has 2 rings (SSSR count). The van der Waals surface area contributed by atoms with Gasteiger partial charge >= 0.3 is 6.18 Å². The standard InChI is InChI=1S/C15H16F3N3O2/c1-10(14(22)19-7-11-8-20-21(2)9-11)23-13-6-4-3-5-12(13)15(16,17)18/h3-6,8-10H,7H2,1-2H3,(H,19,22)/t10-/m0/s1. The maximum absolute atomic E-state index is 12.9. The number of ether oxygens (including phenoxy) is 1. The molecule has 0 radical (unpaired) electrons. The number of carbonyl (C=O) groups excluding carboxylic acids is 1. The molecule has 0 unspecified atom stereocenters. The highest BCUT2D eigenvalue weighted by molar-refractivity contribution is 5.80. The predicted molar refractivity (Wildman–Crippen MR) is 76.6 cm³/mol. The van der Waals surface area contributed by atoms with Crippen LogP contribution in [0.2, 0.25) is 0 Å². The Labute approximate surface area is 131 Å². The Morgan fingerprint density at radius 1 is 1.39 bits per heavy atom. The molecule has 5 nitrogen and oxygen atoms in total. The fourth-order valence-electron chi connectivity index (χ4n) is 1.94. The molecule has 1 aromatic carbocycles. The molecule has 0 saturated carbocycles. The number of amides is 1. The summed E-state index contributed by atoms with van der Waals surface area (Å²) in [5, 5.41) is 6.55. The van der Waals surface area contributed by atoms with Crippen LogP contribution in [0.1, 0.15) is 18.1 Å². The number of nitrogens with one attached hydrogen (secondary N) is 1. The molecule has 8 heteroatoms. The molecular formula is C15H16F3N3O2. The van der Waals surface area contributed by atoms with Crippen molar-refractivity contribution in [2.24, 2.45) is 7.05 Å². The summed E-state index contributed by atoms with van der Waals surface area (Å²) in [7, 11) is 1.74. The third kappa shape index (κ3) is 4.48. The summed E-state index contributed by atoms with van der Waals surface area (Å²) in [5.74, 6) is -0.880. The number of aryl methyl sites for hydroxylation is 1. The van der Waals surface area contributed by atoms with Crippen LogP contribution in [0, 0.1) is 0 Å². The molecule has 23 heavy (non-hydrogen) atoms. The highest BCUT2D eigenvalue weighted by Gasteiger charge is 2.34. The van der Waals surface area contributed by atoms with Gasteiger partial charge in [-0.3, -0.25) is 9.48 Å². The van der Waals surface area contributed by atoms with Gasteiger partial charge in [0.25, 0.3) is 5.91 Å². The first-order valence-corrected chi connectivity index (χ1v) is 6.85. The highest BCUT2D eigenvalue weighted by Crippen LogP contribution is 2.36. The third-order valence-corrected chi connectivity index (χ3v) is 3.09. The summed E-state index contributed by atoms with van der Waals surface area (Å²) in [6.07, 6.45) is -2.28. The maximum atomic E-state index is 12.9. The zero-order chi connectivity index (χ0) is 17.0. The smallest absolute Gasteiger partial charge is 0.419 e. The predicted octanol–water partition coefficient (Wildman–Crippen LogP) is 2.52. The van der Waals surface area contributed by atoms with Gasteiger partial charge in [0.1, 0.15) is 5.75 Å². The molecule has 0 aliphatic heterocycles. The van der Waals surface area contributed by atoms with Crippen LogP contribution in [0.5, 0.6) is 5.75 Å². The van der Waals surface area contributed by atoms with Crippen LogP contribution in [0.25, 0.3) is 0 Å². The second-order valence-electron chi connectivity index (χ2n) is 4.99. The number of hydrogen-bond donors (Lipinski definition) is 1. The van der Waals surface area contributed by atoms with Crippen molar-refractivity contribution in [3.05, 3.63) is 47.8 Å². The molecule has 0 spiro atoms. The van der Waals surface area contributed by atoms with E-state index in [1.165, 1.54) is 25.1 Å². The largest absolute Gasteiger partial charge is 0.480 e. The average molecular weight is 327 g/mol. The minimum absolute atomic E-state index is 0.224. The van der Waals surface area contributed by atoms with Crippen molar-refractivity contribution in [3.8, 4) is 5.75 Å². The Kier molecular flexibility index (Phi) is 4.92. The molecule has 1 aromatic heterocycles. The first-order chi connectivity index (χ1) is 10.8. The van der Waals surface area contributed by atoms with Gasteiger partial charge in [-0.2, -0.15) is 18.3 Å². The van der Waals surface area contributed by atoms with Crippen LogP contribution in [0.15, 0.2) is 36.7 Å². The lowest BCUT2D eigenvalue weighted by molar-refractivity contribution is -0.140. The normalized spacial score (nSPS) is 12.7. The summed E-state index contributed by atoms with van der Waals surface area (Å²) >= 11 is 0. The number of halogens is 3. The van der Waals surface area contributed by atoms with Gasteiger partial charge in [0.2, 0.25) is 0 Å². The number of para-hydroxylation sites is 1. The van der Waals surface area contributed by atoms with E-state index in [1.807, 2.05) is 0 Å². The van der Waals surface area contributed by atoms with Crippen molar-refractivity contribution in [3.63, 3.8) is 0 Å². The van der Waals surface area contributed by atoms with Crippen molar-refractivity contribution in [2.75, 3.05) is 0 Å². The number of hydrogen-bond acceptors (Lipinski definition) is 3. The van der Waals surface area contributed by atoms with E-state index in [4.69, 9.17) is 4.74 Å². The number of nitrogens with zero attached hydrogens (tertiary/aromatic N) is 2. The number of carbonyl (C=O) groups is 1. The zero-order valence-electron chi connectivity index (χ0n) is 12.6. The molecule has 0 bridgehead atoms. The Hall–Kier alpha value is -2.51. The van der Waals surface area contributed by atoms with E-state index in [0.717, 1.165) is 11.6 Å². The van der Waals surface area contributed by atoms with Crippen molar-refractivity contribution < 1.29 is 22.7 Å². The van der Waals surface area contributed by atoms with Crippen molar-refractivity contribution >= 4 is 5.91 Å². The summed E-state index contributed by atoms with van der Waals surface area (Å²) in [6.45, 7) is 1.62. The molecule has 0 aliphatic carbocycles. The minimum Gasteiger partial charge on any atom is -0.480 e. The van der Waals surface area contributed by atoms with Crippen molar-refractivity contribution in [1.82, 2.24) is 15.1 Å². The van der Waals surface area contributed by atoms with Gasteiger partial charge in [-0.1, -0.05) is 12.1 Å². The lowest BCUT2D eigenvalue weighted by atomic mass is 10.2. The lowest BCUT2D eigenvalue weighted by Crippen LogP contribution is -2.36. The number of alkyl halides is 3. The molecular weight excluding hydrogens is 311 g/mol. The fraction of sp³-hybridized carbons (Fsp3) is 0.333. The first kappa shape index (κ1) is 16.9. The maximum Gasteiger partial charge on any atom is 0.419 e. The Morgan fingerprint density at radius 2 is 2.09 bits per heavy atom. The van der Waals surface area contributed by atoms with Crippen LogP contribution >= 0.6 is 0 Å². The lowest BCUT2D eigenvalue weighted by Gasteiger charge is -2.18. The van der Waals surface area contributed by atoms with Crippen LogP contribution in [0.3, 0.4) is 0 Å². The van der Waals surface area contributed by atoms with Gasteiger partial charge in [0.05, 0.1) is 11.8 Å². The Balaban J connectivity index is 1.98. The van der Waals surface area contributed by atoms with Crippen LogP contribution in [-0.2, 0) is 24.6 Å². The van der Waals surface area contributed by atoms with E-state index in [-0.39, 0.29) is 12.3 Å². The van der Waals surface area contributed by atoms with E-state index in [9.17, 15) is 18.0 Å². The summed E-state index contributed by atoms with van der Waals surface area (Å²) in [5.41, 5.74) is -0.129. The molecule has 1 N–H and O–H groups in total. The van der Waals surface area contributed by atoms with E-state index in [0.29, 0.717) is 0 Å². The number of rotatable bonds is 5. The Morgan fingerprint density at radius 3 is 2.70 bits per heavy atom. The third-order valence-electron chi connectivity index (χ3n) is 3.09. The molecule has 1 amide bonds. The van der Waals surface area contributed by atoms with Crippen LogP contribution in [0.4, 0.5) is 13.2 Å². The second-order valence-corrected chi connectivity index (χ2v) is 4.99. The minimum atomic E-state index is -4.54. The topological polar surface area (TPSA) is 56.1 Å². The van der Waals surface area contributed by atoms with Gasteiger partial charge < -0.3 is 10.1 Å². The zero-order valence-corrected chi connectivity index (χ0v) is 12.6. The SMILES string of the molecule is C[C@H](Oc1ccccc1C(F)(F)F)C(=O)NCc1cnn(C)c1. The van der Waals surface area contributed by atoms with Gasteiger partial charge in [-0.05, 0) is 19.1 Å². The van der Waals surface area contributed by atoms with Gasteiger partial charge in [-0.25, -0.2) is 0 Å². The second kappa shape index (κ2) is 6.72. The Bertz CT molecular complexity index is 683. The summed E-state index contributed by atoms with van der Waals surface area (Å²) in [6, 6.07) is 4.79. The summed E-state index contributed by atoms with van der Waals surface area (Å²) in [4.78, 5) is 11.9. The van der Waals surface area contributed by atoms with Gasteiger partial charge in [-0.15, -0.1) is 0 Å². The van der Waals surface area contributed by atoms with Crippen LogP contribution < -0.4 is 10.1 Å². The van der Waals surface area contributed by atoms with E-state index in [1.54, 1.807) is 24.1 Å². The molecule has 2 aromatic rings. The number of aromatic nitrogens is 2. The van der Waals surface area contributed by atoms with E-state index < -0.39 is 23.8 Å². The molecule has 0 fully saturated rings. The first-order valence-electron chi connectivity index (χ1n) is 6.85. The molecule has 0 aliphatic rings. The average Bonchev–Trinajstić information content (AvgIpc) is 2.89. The van der Waals surface area contributed by atoms with Crippen LogP contribution in [-0.4, -0.2) is 21.8 Å². The molecule has 1 heterocycles. The van der Waals surface area contributed by atoms with Crippen molar-refractivity contribution in [2.45, 2.75) is 25.7 Å². The van der Waals surface area contributed by atoms with Gasteiger partial charge in [0.15, 0.2) is 6.10 Å². The van der Waals surface area contributed by atoms with Crippen molar-refractivity contribution in [1.29, 1.82) is 0 Å². The van der Waals surface area contributed by atoms with E-state index in [2.05, 4.69) is 10.4 Å². The number of benzene rings is 1.